The number of anilines is 1. The second-order valence-corrected chi connectivity index (χ2v) is 6.30. The maximum absolute atomic E-state index is 6.11. The van der Waals surface area contributed by atoms with Gasteiger partial charge < -0.3 is 9.64 Å². The topological polar surface area (TPSA) is 38.2 Å². The van der Waals surface area contributed by atoms with Crippen LogP contribution in [-0.2, 0) is 4.74 Å². The predicted molar refractivity (Wildman–Crippen MR) is 89.4 cm³/mol. The SMILES string of the molecule is CC=C(CC)c1cc2nc(Cl)nc(N3CCOCC3)c2s1. The number of allylic oxidation sites excluding steroid dienone is 2. The van der Waals surface area contributed by atoms with Crippen molar-refractivity contribution in [3.8, 4) is 0 Å². The van der Waals surface area contributed by atoms with Crippen molar-refractivity contribution in [1.29, 1.82) is 0 Å². The second-order valence-electron chi connectivity index (χ2n) is 4.91. The van der Waals surface area contributed by atoms with Gasteiger partial charge in [0.1, 0.15) is 0 Å². The summed E-state index contributed by atoms with van der Waals surface area (Å²) in [6.45, 7) is 7.40. The zero-order chi connectivity index (χ0) is 14.8. The van der Waals surface area contributed by atoms with Crippen LogP contribution in [0.1, 0.15) is 25.1 Å². The van der Waals surface area contributed by atoms with Gasteiger partial charge in [-0.3, -0.25) is 0 Å². The van der Waals surface area contributed by atoms with E-state index in [-0.39, 0.29) is 0 Å². The third kappa shape index (κ3) is 2.91. The van der Waals surface area contributed by atoms with Gasteiger partial charge in [-0.15, -0.1) is 11.3 Å². The van der Waals surface area contributed by atoms with Crippen LogP contribution in [0.2, 0.25) is 5.28 Å². The molecule has 3 heterocycles. The van der Waals surface area contributed by atoms with Gasteiger partial charge in [-0.1, -0.05) is 13.0 Å². The van der Waals surface area contributed by atoms with E-state index in [0.717, 1.165) is 48.8 Å². The number of rotatable bonds is 3. The number of thiophene rings is 1. The summed E-state index contributed by atoms with van der Waals surface area (Å²) in [4.78, 5) is 12.3. The Kier molecular flexibility index (Phi) is 4.42. The van der Waals surface area contributed by atoms with Crippen LogP contribution in [0.15, 0.2) is 12.1 Å². The summed E-state index contributed by atoms with van der Waals surface area (Å²) in [5, 5.41) is 0.312. The molecule has 0 aromatic carbocycles. The first-order valence-electron chi connectivity index (χ1n) is 7.18. The molecule has 0 aliphatic carbocycles. The Labute approximate surface area is 133 Å². The maximum atomic E-state index is 6.11. The monoisotopic (exact) mass is 323 g/mol. The Balaban J connectivity index is 2.10. The average molecular weight is 324 g/mol. The highest BCUT2D eigenvalue weighted by Crippen LogP contribution is 2.36. The Bertz CT molecular complexity index is 677. The normalized spacial score (nSPS) is 16.7. The minimum atomic E-state index is 0.312. The van der Waals surface area contributed by atoms with Crippen LogP contribution >= 0.6 is 22.9 Å². The summed E-state index contributed by atoms with van der Waals surface area (Å²) in [5.74, 6) is 0.941. The van der Waals surface area contributed by atoms with Gasteiger partial charge in [0, 0.05) is 18.0 Å². The molecule has 2 aromatic heterocycles. The molecule has 0 unspecified atom stereocenters. The molecule has 0 atom stereocenters. The molecule has 0 spiro atoms. The van der Waals surface area contributed by atoms with E-state index in [1.165, 1.54) is 10.5 Å². The first kappa shape index (κ1) is 14.8. The molecule has 1 aliphatic rings. The molecule has 6 heteroatoms. The molecule has 1 fully saturated rings. The number of aromatic nitrogens is 2. The van der Waals surface area contributed by atoms with E-state index in [9.17, 15) is 0 Å². The Hall–Kier alpha value is -1.17. The fourth-order valence-corrected chi connectivity index (χ4v) is 3.99. The molecule has 1 saturated heterocycles. The van der Waals surface area contributed by atoms with Crippen molar-refractivity contribution in [2.45, 2.75) is 20.3 Å². The van der Waals surface area contributed by atoms with E-state index in [2.05, 4.69) is 40.9 Å². The van der Waals surface area contributed by atoms with Gasteiger partial charge in [-0.2, -0.15) is 4.98 Å². The third-order valence-electron chi connectivity index (χ3n) is 3.68. The summed E-state index contributed by atoms with van der Waals surface area (Å²) in [6.07, 6.45) is 3.17. The number of halogens is 1. The first-order valence-corrected chi connectivity index (χ1v) is 8.37. The standard InChI is InChI=1S/C15H18ClN3OS/c1-3-10(4-2)12-9-11-13(21-12)14(18-15(16)17-11)19-5-7-20-8-6-19/h3,9H,4-8H2,1-2H3. The van der Waals surface area contributed by atoms with Crippen molar-refractivity contribution < 1.29 is 4.74 Å². The Morgan fingerprint density at radius 2 is 2.19 bits per heavy atom. The van der Waals surface area contributed by atoms with Gasteiger partial charge in [-0.25, -0.2) is 4.98 Å². The molecule has 21 heavy (non-hydrogen) atoms. The number of ether oxygens (including phenoxy) is 1. The van der Waals surface area contributed by atoms with Crippen molar-refractivity contribution in [3.05, 3.63) is 22.3 Å². The number of fused-ring (bicyclic) bond motifs is 1. The van der Waals surface area contributed by atoms with Gasteiger partial charge in [-0.05, 0) is 36.6 Å². The third-order valence-corrected chi connectivity index (χ3v) is 5.05. The highest BCUT2D eigenvalue weighted by atomic mass is 35.5. The van der Waals surface area contributed by atoms with Crippen LogP contribution in [0.4, 0.5) is 5.82 Å². The fraction of sp³-hybridized carbons (Fsp3) is 0.467. The zero-order valence-electron chi connectivity index (χ0n) is 12.2. The molecule has 1 aliphatic heterocycles. The van der Waals surface area contributed by atoms with E-state index >= 15 is 0 Å². The van der Waals surface area contributed by atoms with Gasteiger partial charge in [0.15, 0.2) is 5.82 Å². The van der Waals surface area contributed by atoms with Crippen LogP contribution in [0.25, 0.3) is 15.8 Å². The number of morpholine rings is 1. The average Bonchev–Trinajstić information content (AvgIpc) is 2.92. The van der Waals surface area contributed by atoms with Gasteiger partial charge in [0.05, 0.1) is 23.4 Å². The molecule has 3 rings (SSSR count). The minimum absolute atomic E-state index is 0.312. The summed E-state index contributed by atoms with van der Waals surface area (Å²) >= 11 is 7.86. The fourth-order valence-electron chi connectivity index (χ4n) is 2.56. The van der Waals surface area contributed by atoms with Crippen molar-refractivity contribution in [2.24, 2.45) is 0 Å². The lowest BCUT2D eigenvalue weighted by Crippen LogP contribution is -2.36. The van der Waals surface area contributed by atoms with E-state index in [1.807, 2.05) is 0 Å². The van der Waals surface area contributed by atoms with E-state index in [1.54, 1.807) is 11.3 Å². The minimum Gasteiger partial charge on any atom is -0.378 e. The number of nitrogens with zero attached hydrogens (tertiary/aromatic N) is 3. The molecule has 0 amide bonds. The summed E-state index contributed by atoms with van der Waals surface area (Å²) in [5.41, 5.74) is 2.27. The van der Waals surface area contributed by atoms with Crippen LogP contribution in [0.3, 0.4) is 0 Å². The quantitative estimate of drug-likeness (QED) is 0.800. The summed E-state index contributed by atoms with van der Waals surface area (Å²) in [7, 11) is 0. The van der Waals surface area contributed by atoms with Crippen LogP contribution in [0, 0.1) is 0 Å². The van der Waals surface area contributed by atoms with Crippen molar-refractivity contribution in [2.75, 3.05) is 31.2 Å². The molecule has 0 radical (unpaired) electrons. The molecule has 0 bridgehead atoms. The second kappa shape index (κ2) is 6.30. The Morgan fingerprint density at radius 3 is 2.86 bits per heavy atom. The van der Waals surface area contributed by atoms with Gasteiger partial charge in [0.2, 0.25) is 5.28 Å². The lowest BCUT2D eigenvalue weighted by atomic mass is 10.1. The van der Waals surface area contributed by atoms with Gasteiger partial charge >= 0.3 is 0 Å². The molecular formula is C15H18ClN3OS. The molecule has 0 N–H and O–H groups in total. The van der Waals surface area contributed by atoms with Crippen LogP contribution in [0.5, 0.6) is 0 Å². The zero-order valence-corrected chi connectivity index (χ0v) is 13.8. The highest BCUT2D eigenvalue weighted by molar-refractivity contribution is 7.20. The van der Waals surface area contributed by atoms with E-state index < -0.39 is 0 Å². The summed E-state index contributed by atoms with van der Waals surface area (Å²) in [6, 6.07) is 2.12. The lowest BCUT2D eigenvalue weighted by molar-refractivity contribution is 0.122. The van der Waals surface area contributed by atoms with Crippen molar-refractivity contribution in [1.82, 2.24) is 9.97 Å². The van der Waals surface area contributed by atoms with E-state index in [4.69, 9.17) is 16.3 Å². The van der Waals surface area contributed by atoms with Crippen molar-refractivity contribution >= 4 is 44.5 Å². The first-order chi connectivity index (χ1) is 10.2. The largest absolute Gasteiger partial charge is 0.378 e. The Morgan fingerprint density at radius 1 is 1.43 bits per heavy atom. The number of hydrogen-bond donors (Lipinski definition) is 0. The van der Waals surface area contributed by atoms with Crippen molar-refractivity contribution in [3.63, 3.8) is 0 Å². The highest BCUT2D eigenvalue weighted by Gasteiger charge is 2.19. The lowest BCUT2D eigenvalue weighted by Gasteiger charge is -2.28. The van der Waals surface area contributed by atoms with Crippen LogP contribution in [-0.4, -0.2) is 36.3 Å². The van der Waals surface area contributed by atoms with Gasteiger partial charge in [0.25, 0.3) is 0 Å². The molecule has 2 aromatic rings. The van der Waals surface area contributed by atoms with E-state index in [0.29, 0.717) is 5.28 Å². The molecule has 4 nitrogen and oxygen atoms in total. The van der Waals surface area contributed by atoms with Crippen LogP contribution < -0.4 is 4.90 Å². The number of hydrogen-bond acceptors (Lipinski definition) is 5. The summed E-state index contributed by atoms with van der Waals surface area (Å²) < 4.78 is 6.53. The molecule has 0 saturated carbocycles. The predicted octanol–water partition coefficient (Wildman–Crippen LogP) is 3.99. The molecular weight excluding hydrogens is 306 g/mol. The smallest absolute Gasteiger partial charge is 0.224 e. The molecule has 112 valence electrons. The maximum Gasteiger partial charge on any atom is 0.224 e.